The van der Waals surface area contributed by atoms with Crippen LogP contribution in [0.5, 0.6) is 23.0 Å². The van der Waals surface area contributed by atoms with Crippen LogP contribution in [0.15, 0.2) is 255 Å². The van der Waals surface area contributed by atoms with Crippen molar-refractivity contribution in [1.82, 2.24) is 15.0 Å². The molecule has 0 saturated heterocycles. The van der Waals surface area contributed by atoms with Gasteiger partial charge in [-0.1, -0.05) is 402 Å². The number of thiazole rings is 1. The number of nitrogens with zero attached hydrogens (tertiary/aromatic N) is 2. The number of hydrogen-bond acceptors (Lipinski definition) is 11. The average molecular weight is 1890 g/mol. The predicted molar refractivity (Wildman–Crippen MR) is 602 cm³/mol. The van der Waals surface area contributed by atoms with Crippen molar-refractivity contribution in [1.29, 1.82) is 0 Å². The average Bonchev–Trinajstić information content (AvgIpc) is 1.68. The second kappa shape index (κ2) is 60.5. The number of benzene rings is 9. The smallest absolute Gasteiger partial charge is 0.231 e. The predicted octanol–water partition coefficient (Wildman–Crippen LogP) is 34.7. The van der Waals surface area contributed by atoms with Crippen LogP contribution in [0.1, 0.15) is 280 Å². The Morgan fingerprint density at radius 3 is 1.07 bits per heavy atom. The lowest BCUT2D eigenvalue weighted by Gasteiger charge is -2.17. The molecule has 134 heavy (non-hydrogen) atoms. The number of para-hydroxylation sites is 11. The third kappa shape index (κ3) is 75.4. The monoisotopic (exact) mass is 1890 g/mol. The van der Waals surface area contributed by atoms with E-state index < -0.39 is 19.6 Å². The van der Waals surface area contributed by atoms with Crippen LogP contribution in [-0.2, 0) is 38.2 Å². The van der Waals surface area contributed by atoms with E-state index in [9.17, 15) is 8.42 Å². The number of H-pyrrole nitrogens is 1. The molecule has 0 bridgehead atoms. The van der Waals surface area contributed by atoms with Gasteiger partial charge in [0.1, 0.15) is 23.1 Å². The first-order chi connectivity index (χ1) is 61.1. The summed E-state index contributed by atoms with van der Waals surface area (Å²) >= 11 is 1.68. The minimum Gasteiger partial charge on any atom is -0.486 e. The van der Waals surface area contributed by atoms with Gasteiger partial charge in [-0.05, 0) is 198 Å². The highest BCUT2D eigenvalue weighted by molar-refractivity contribution is 8.03. The lowest BCUT2D eigenvalue weighted by Crippen LogP contribution is -2.14. The molecule has 6 aliphatic heterocycles. The summed E-state index contributed by atoms with van der Waals surface area (Å²) in [6, 6.07) is 76.2. The summed E-state index contributed by atoms with van der Waals surface area (Å²) in [4.78, 5) is 11.3. The number of fused-ring (bicyclic) bond motifs is 9. The Kier molecular flexibility index (Phi) is 56.0. The van der Waals surface area contributed by atoms with Crippen LogP contribution < -0.4 is 43.7 Å². The van der Waals surface area contributed by atoms with Crippen molar-refractivity contribution in [3.05, 3.63) is 271 Å². The number of nitrogens with one attached hydrogen (secondary N) is 6. The molecule has 12 aromatic rings. The summed E-state index contributed by atoms with van der Waals surface area (Å²) in [7, 11) is -4.36. The largest absolute Gasteiger partial charge is 0.486 e. The van der Waals surface area contributed by atoms with Crippen molar-refractivity contribution in [3.8, 4) is 23.0 Å². The SMILES string of the molecule is C.C=S1(=O)Cc2ccccc2N1.C=S1(=O)Nc2ccccc2N1.CC(C)(C)C.CC(C)(C)C.CC(C)(C)C.CC(C)(C)C.CC(C)(C)C.CC(C)(C)C.CC(C)(C)C.CC(C)(C)C.CC(C)(C)C.c1ccc2[nH]ccc2c1.c1ccc2c(c1)CCCN2.c1ccc2c(c1)CCN2.c1ccc2c(c1)OCCO2.c1ccc2c(c1)OCO2.c1ccc2cnccc2c1.c1ccc2scnc2c1. The molecule has 744 valence electrons. The van der Waals surface area contributed by atoms with Gasteiger partial charge in [0.25, 0.3) is 0 Å². The van der Waals surface area contributed by atoms with Crippen LogP contribution in [-0.4, -0.2) is 68.2 Å². The Labute approximate surface area is 822 Å². The number of hydrogen-bond donors (Lipinski definition) is 6. The summed E-state index contributed by atoms with van der Waals surface area (Å²) in [6.45, 7) is 82.7. The summed E-state index contributed by atoms with van der Waals surface area (Å²) in [5.74, 6) is 11.0. The fraction of sp³-hybridized carbons (Fsp3) is 0.470. The maximum Gasteiger partial charge on any atom is 0.231 e. The van der Waals surface area contributed by atoms with Crippen LogP contribution in [0, 0.1) is 48.7 Å². The summed E-state index contributed by atoms with van der Waals surface area (Å²) in [6.07, 6.45) is 9.33. The molecule has 3 aromatic heterocycles. The highest BCUT2D eigenvalue weighted by Gasteiger charge is 2.18. The van der Waals surface area contributed by atoms with Gasteiger partial charge in [-0.2, -0.15) is 0 Å². The number of aryl methyl sites for hydroxylation is 1. The fourth-order valence-electron chi connectivity index (χ4n) is 9.59. The Morgan fingerprint density at radius 2 is 0.672 bits per heavy atom. The summed E-state index contributed by atoms with van der Waals surface area (Å²) in [5, 5.41) is 10.4. The molecule has 1 unspecified atom stereocenters. The van der Waals surface area contributed by atoms with Crippen molar-refractivity contribution >= 4 is 103 Å². The first-order valence-electron chi connectivity index (χ1n) is 46.8. The minimum atomic E-state index is -2.31. The lowest BCUT2D eigenvalue weighted by atomic mass is 10.0. The zero-order valence-electron chi connectivity index (χ0n) is 89.1. The molecule has 0 fully saturated rings. The van der Waals surface area contributed by atoms with Crippen LogP contribution >= 0.6 is 11.3 Å². The number of pyridine rings is 1. The third-order valence-corrected chi connectivity index (χ3v) is 17.1. The van der Waals surface area contributed by atoms with Crippen LogP contribution in [0.2, 0.25) is 0 Å². The van der Waals surface area contributed by atoms with E-state index >= 15 is 0 Å². The zero-order chi connectivity index (χ0) is 101. The number of rotatable bonds is 0. The quantitative estimate of drug-likeness (QED) is 0.0803. The molecule has 9 aromatic carbocycles. The molecule has 9 heterocycles. The van der Waals surface area contributed by atoms with E-state index in [0.717, 1.165) is 64.2 Å². The van der Waals surface area contributed by atoms with E-state index in [1.54, 1.807) is 11.3 Å². The number of aromatic amines is 1. The van der Waals surface area contributed by atoms with Crippen molar-refractivity contribution in [3.63, 3.8) is 0 Å². The topological polar surface area (TPSA) is 173 Å². The lowest BCUT2D eigenvalue weighted by molar-refractivity contribution is 0.171. The molecule has 0 spiro atoms. The van der Waals surface area contributed by atoms with Crippen LogP contribution in [0.4, 0.5) is 28.4 Å². The fourth-order valence-corrected chi connectivity index (χ4v) is 12.8. The second-order valence-corrected chi connectivity index (χ2v) is 52.0. The molecular weight excluding hydrogens is 1710 g/mol. The zero-order valence-corrected chi connectivity index (χ0v) is 91.5. The number of ether oxygens (including phenoxy) is 4. The van der Waals surface area contributed by atoms with Gasteiger partial charge in [0.05, 0.1) is 32.9 Å². The van der Waals surface area contributed by atoms with Crippen LogP contribution in [0.3, 0.4) is 0 Å². The van der Waals surface area contributed by atoms with Crippen molar-refractivity contribution < 1.29 is 27.4 Å². The van der Waals surface area contributed by atoms with Gasteiger partial charge in [0.2, 0.25) is 6.79 Å². The molecule has 0 amide bonds. The first-order valence-corrected chi connectivity index (χ1v) is 51.3. The second-order valence-electron chi connectivity index (χ2n) is 47.3. The van der Waals surface area contributed by atoms with E-state index in [0.29, 0.717) is 74.5 Å². The molecular formula is C117H182N8O6S3. The molecule has 14 nitrogen and oxygen atoms in total. The molecule has 17 heteroatoms. The van der Waals surface area contributed by atoms with E-state index in [2.05, 4.69) is 386 Å². The van der Waals surface area contributed by atoms with Gasteiger partial charge >= 0.3 is 0 Å². The maximum absolute atomic E-state index is 11.4. The summed E-state index contributed by atoms with van der Waals surface area (Å²) < 4.78 is 53.2. The van der Waals surface area contributed by atoms with Crippen molar-refractivity contribution in [2.75, 3.05) is 57.9 Å². The Bertz CT molecular complexity index is 4630. The maximum atomic E-state index is 11.4. The van der Waals surface area contributed by atoms with E-state index in [4.69, 9.17) is 18.9 Å². The molecule has 0 aliphatic carbocycles. The standard InChI is InChI=1S/C9H11N.C9H7N.C8H9NOS.C8H9N.C8H7N.C8H8O2.C7H8N2OS.C7H5NS.C7H6O2.9C5H12.CH4/c1-2-6-9-8(4-1)5-3-7-10-9;1-2-4-9-7-10-6-5-8(9)3-1;1-11(10)6-7-4-2-3-5-8(7)9-11;2*1-2-4-8-7(3-1)5-6-9-8;1-2-4-8-7(3-1)9-5-6-10-8;1-11(10)8-6-4-2-3-5-7(6)9-11;2*1-2-4-7-6(3-1)8-5-9-7;9*1-5(2,3)4;/h1-2,4,6,10H,3,5,7H2;1-7H;2-5H,1,6H2,(H,9,10);1-4,9H,5-6H2;1-6,9H;1-4H,5-6H2;2-5H,1H2,(H2,8,9,10);1-5H;1-4H,5H2;9*1-4H3;1H4. The van der Waals surface area contributed by atoms with Gasteiger partial charge in [0.15, 0.2) is 23.0 Å². The van der Waals surface area contributed by atoms with Gasteiger partial charge < -0.3 is 39.3 Å². The highest BCUT2D eigenvalue weighted by atomic mass is 32.2. The summed E-state index contributed by atoms with van der Waals surface area (Å²) in [5.41, 5.74) is 18.0. The Balaban J connectivity index is 0.00000141. The van der Waals surface area contributed by atoms with E-state index in [1.165, 1.54) is 68.1 Å². The van der Waals surface area contributed by atoms with Gasteiger partial charge in [0, 0.05) is 64.0 Å². The van der Waals surface area contributed by atoms with Crippen LogP contribution in [0.25, 0.3) is 31.9 Å². The highest BCUT2D eigenvalue weighted by Crippen LogP contribution is 2.33. The molecule has 0 radical (unpaired) electrons. The molecule has 0 saturated carbocycles. The molecule has 6 N–H and O–H groups in total. The normalized spacial score (nSPS) is 14.1. The number of aromatic nitrogens is 3. The van der Waals surface area contributed by atoms with Crippen molar-refractivity contribution in [2.24, 2.45) is 48.7 Å². The molecule has 1 atom stereocenters. The third-order valence-electron chi connectivity index (χ3n) is 13.8. The minimum absolute atomic E-state index is 0. The van der Waals surface area contributed by atoms with Gasteiger partial charge in [-0.3, -0.25) is 14.4 Å². The van der Waals surface area contributed by atoms with Crippen molar-refractivity contribution in [2.45, 2.75) is 282 Å². The Morgan fingerprint density at radius 1 is 0.336 bits per heavy atom. The number of anilines is 5. The van der Waals surface area contributed by atoms with Gasteiger partial charge in [-0.25, -0.2) is 13.4 Å². The Hall–Kier alpha value is -9.94. The van der Waals surface area contributed by atoms with E-state index in [-0.39, 0.29) is 7.43 Å². The van der Waals surface area contributed by atoms with Gasteiger partial charge in [-0.15, -0.1) is 11.3 Å². The first kappa shape index (κ1) is 124. The molecule has 6 aliphatic rings. The molecule has 18 rings (SSSR count). The van der Waals surface area contributed by atoms with E-state index in [1.807, 2.05) is 170 Å².